The van der Waals surface area contributed by atoms with Gasteiger partial charge < -0.3 is 25.2 Å². The van der Waals surface area contributed by atoms with E-state index in [1.807, 2.05) is 24.3 Å². The van der Waals surface area contributed by atoms with Gasteiger partial charge in [-0.15, -0.1) is 0 Å². The van der Waals surface area contributed by atoms with Gasteiger partial charge in [0.25, 0.3) is 0 Å². The molecule has 2 aliphatic rings. The lowest BCUT2D eigenvalue weighted by Gasteiger charge is -2.22. The lowest BCUT2D eigenvalue weighted by atomic mass is 10.0. The number of carbonyl (C=O) groups excluding carboxylic acids is 1. The molecule has 3 N–H and O–H groups in total. The van der Waals surface area contributed by atoms with Crippen LogP contribution in [0.5, 0.6) is 11.5 Å². The average Bonchev–Trinajstić information content (AvgIpc) is 3.16. The molecule has 24 heavy (non-hydrogen) atoms. The largest absolute Gasteiger partial charge is 0.454 e. The van der Waals surface area contributed by atoms with Crippen molar-refractivity contribution in [1.29, 1.82) is 0 Å². The second-order valence-electron chi connectivity index (χ2n) is 6.22. The molecule has 6 heteroatoms. The third-order valence-electron chi connectivity index (χ3n) is 4.37. The summed E-state index contributed by atoms with van der Waals surface area (Å²) in [5.74, 6) is 1.27. The molecule has 0 saturated heterocycles. The number of ether oxygens (including phenoxy) is 2. The molecule has 0 bridgehead atoms. The highest BCUT2D eigenvalue weighted by molar-refractivity contribution is 5.89. The number of urea groups is 1. The Kier molecular flexibility index (Phi) is 3.54. The number of fused-ring (bicyclic) bond motifs is 2. The number of benzene rings is 2. The van der Waals surface area contributed by atoms with Crippen LogP contribution in [0.15, 0.2) is 42.5 Å². The van der Waals surface area contributed by atoms with Gasteiger partial charge in [-0.25, -0.2) is 4.79 Å². The molecule has 124 valence electrons. The van der Waals surface area contributed by atoms with Crippen LogP contribution in [-0.4, -0.2) is 30.1 Å². The van der Waals surface area contributed by atoms with Crippen molar-refractivity contribution in [2.24, 2.45) is 0 Å². The molecule has 2 aromatic rings. The summed E-state index contributed by atoms with van der Waals surface area (Å²) >= 11 is 0. The molecule has 0 unspecified atom stereocenters. The Morgan fingerprint density at radius 2 is 1.79 bits per heavy atom. The SMILES string of the molecule is O=C(NCC1(O)Cc2ccccc2C1)Nc1ccc2c(c1)OCO2. The van der Waals surface area contributed by atoms with E-state index in [1.165, 1.54) is 0 Å². The second-order valence-corrected chi connectivity index (χ2v) is 6.22. The van der Waals surface area contributed by atoms with E-state index in [4.69, 9.17) is 9.47 Å². The van der Waals surface area contributed by atoms with E-state index >= 15 is 0 Å². The van der Waals surface area contributed by atoms with Crippen molar-refractivity contribution in [3.8, 4) is 11.5 Å². The van der Waals surface area contributed by atoms with Crippen LogP contribution < -0.4 is 20.1 Å². The Morgan fingerprint density at radius 3 is 2.54 bits per heavy atom. The Balaban J connectivity index is 1.34. The summed E-state index contributed by atoms with van der Waals surface area (Å²) in [7, 11) is 0. The summed E-state index contributed by atoms with van der Waals surface area (Å²) in [4.78, 5) is 12.1. The Morgan fingerprint density at radius 1 is 1.08 bits per heavy atom. The Hall–Kier alpha value is -2.73. The fourth-order valence-electron chi connectivity index (χ4n) is 3.19. The second kappa shape index (κ2) is 5.72. The molecule has 0 saturated carbocycles. The molecular formula is C18H18N2O4. The van der Waals surface area contributed by atoms with Crippen LogP contribution in [-0.2, 0) is 12.8 Å². The van der Waals surface area contributed by atoms with Crippen LogP contribution in [0.25, 0.3) is 0 Å². The Bertz CT molecular complexity index is 765. The van der Waals surface area contributed by atoms with Crippen LogP contribution in [0.2, 0.25) is 0 Å². The fourth-order valence-corrected chi connectivity index (χ4v) is 3.19. The van der Waals surface area contributed by atoms with E-state index in [0.29, 0.717) is 30.0 Å². The van der Waals surface area contributed by atoms with E-state index in [9.17, 15) is 9.90 Å². The highest BCUT2D eigenvalue weighted by Gasteiger charge is 2.35. The van der Waals surface area contributed by atoms with E-state index < -0.39 is 5.60 Å². The molecule has 1 heterocycles. The quantitative estimate of drug-likeness (QED) is 0.807. The predicted octanol–water partition coefficient (Wildman–Crippen LogP) is 2.07. The number of hydrogen-bond donors (Lipinski definition) is 3. The first kappa shape index (κ1) is 14.8. The molecule has 0 spiro atoms. The summed E-state index contributed by atoms with van der Waals surface area (Å²) < 4.78 is 10.5. The van der Waals surface area contributed by atoms with Crippen LogP contribution in [0.4, 0.5) is 10.5 Å². The van der Waals surface area contributed by atoms with Crippen LogP contribution >= 0.6 is 0 Å². The highest BCUT2D eigenvalue weighted by atomic mass is 16.7. The maximum Gasteiger partial charge on any atom is 0.319 e. The number of carbonyl (C=O) groups is 1. The topological polar surface area (TPSA) is 79.8 Å². The molecule has 2 aromatic carbocycles. The van der Waals surface area contributed by atoms with Gasteiger partial charge in [0.2, 0.25) is 6.79 Å². The summed E-state index contributed by atoms with van der Waals surface area (Å²) in [6.07, 6.45) is 1.10. The molecule has 0 atom stereocenters. The fraction of sp³-hybridized carbons (Fsp3) is 0.278. The van der Waals surface area contributed by atoms with E-state index in [-0.39, 0.29) is 19.4 Å². The van der Waals surface area contributed by atoms with Crippen molar-refractivity contribution in [2.75, 3.05) is 18.7 Å². The van der Waals surface area contributed by atoms with Crippen molar-refractivity contribution in [3.05, 3.63) is 53.6 Å². The van der Waals surface area contributed by atoms with Crippen LogP contribution in [0.1, 0.15) is 11.1 Å². The van der Waals surface area contributed by atoms with Crippen molar-refractivity contribution < 1.29 is 19.4 Å². The zero-order valence-electron chi connectivity index (χ0n) is 13.0. The minimum Gasteiger partial charge on any atom is -0.454 e. The average molecular weight is 326 g/mol. The predicted molar refractivity (Wildman–Crippen MR) is 88.4 cm³/mol. The zero-order chi connectivity index (χ0) is 16.6. The summed E-state index contributed by atoms with van der Waals surface area (Å²) in [5, 5.41) is 16.2. The molecular weight excluding hydrogens is 308 g/mol. The van der Waals surface area contributed by atoms with Gasteiger partial charge in [0.1, 0.15) is 0 Å². The number of amides is 2. The normalized spacial score (nSPS) is 16.5. The minimum absolute atomic E-state index is 0.193. The molecule has 0 radical (unpaired) electrons. The third-order valence-corrected chi connectivity index (χ3v) is 4.37. The van der Waals surface area contributed by atoms with Gasteiger partial charge in [0, 0.05) is 31.1 Å². The van der Waals surface area contributed by atoms with Gasteiger partial charge in [0.05, 0.1) is 5.60 Å². The first-order valence-electron chi connectivity index (χ1n) is 7.85. The van der Waals surface area contributed by atoms with Gasteiger partial charge in [-0.05, 0) is 23.3 Å². The molecule has 2 amide bonds. The molecule has 1 aliphatic heterocycles. The molecule has 1 aliphatic carbocycles. The zero-order valence-corrected chi connectivity index (χ0v) is 13.0. The van der Waals surface area contributed by atoms with Crippen molar-refractivity contribution >= 4 is 11.7 Å². The molecule has 0 aromatic heterocycles. The summed E-state index contributed by atoms with van der Waals surface area (Å²) in [6, 6.07) is 12.8. The van der Waals surface area contributed by atoms with Gasteiger partial charge in [-0.2, -0.15) is 0 Å². The number of aliphatic hydroxyl groups is 1. The Labute approximate surface area is 139 Å². The smallest absolute Gasteiger partial charge is 0.319 e. The van der Waals surface area contributed by atoms with Crippen LogP contribution in [0, 0.1) is 0 Å². The first-order chi connectivity index (χ1) is 11.6. The lowest BCUT2D eigenvalue weighted by molar-refractivity contribution is 0.0541. The molecule has 0 fully saturated rings. The summed E-state index contributed by atoms with van der Waals surface area (Å²) in [5.41, 5.74) is 1.95. The first-order valence-corrected chi connectivity index (χ1v) is 7.85. The van der Waals surface area contributed by atoms with Gasteiger partial charge in [-0.3, -0.25) is 0 Å². The number of nitrogens with one attached hydrogen (secondary N) is 2. The number of rotatable bonds is 3. The maximum atomic E-state index is 12.1. The van der Waals surface area contributed by atoms with E-state index in [2.05, 4.69) is 10.6 Å². The standard InChI is InChI=1S/C18H18N2O4/c21-17(20-14-5-6-15-16(7-14)24-11-23-15)19-10-18(22)8-12-3-1-2-4-13(12)9-18/h1-7,22H,8-11H2,(H2,19,20,21). The van der Waals surface area contributed by atoms with Crippen molar-refractivity contribution in [2.45, 2.75) is 18.4 Å². The molecule has 4 rings (SSSR count). The number of hydrogen-bond acceptors (Lipinski definition) is 4. The highest BCUT2D eigenvalue weighted by Crippen LogP contribution is 2.34. The van der Waals surface area contributed by atoms with E-state index in [0.717, 1.165) is 11.1 Å². The number of anilines is 1. The van der Waals surface area contributed by atoms with Gasteiger partial charge in [-0.1, -0.05) is 24.3 Å². The van der Waals surface area contributed by atoms with Gasteiger partial charge >= 0.3 is 6.03 Å². The van der Waals surface area contributed by atoms with Crippen molar-refractivity contribution in [3.63, 3.8) is 0 Å². The van der Waals surface area contributed by atoms with Gasteiger partial charge in [0.15, 0.2) is 11.5 Å². The lowest BCUT2D eigenvalue weighted by Crippen LogP contribution is -2.45. The third kappa shape index (κ3) is 2.88. The van der Waals surface area contributed by atoms with E-state index in [1.54, 1.807) is 18.2 Å². The van der Waals surface area contributed by atoms with Crippen molar-refractivity contribution in [1.82, 2.24) is 5.32 Å². The summed E-state index contributed by atoms with van der Waals surface area (Å²) in [6.45, 7) is 0.386. The maximum absolute atomic E-state index is 12.1. The minimum atomic E-state index is -0.935. The van der Waals surface area contributed by atoms with Crippen LogP contribution in [0.3, 0.4) is 0 Å². The molecule has 6 nitrogen and oxygen atoms in total. The monoisotopic (exact) mass is 326 g/mol.